The molecule has 0 spiro atoms. The summed E-state index contributed by atoms with van der Waals surface area (Å²) in [5.74, 6) is 0.557. The Morgan fingerprint density at radius 2 is 1.83 bits per heavy atom. The second kappa shape index (κ2) is 5.36. The summed E-state index contributed by atoms with van der Waals surface area (Å²) in [7, 11) is 3.21. The summed E-state index contributed by atoms with van der Waals surface area (Å²) in [5.41, 5.74) is 2.53. The summed E-state index contributed by atoms with van der Waals surface area (Å²) in [6, 6.07) is 15.3. The van der Waals surface area contributed by atoms with E-state index in [-0.39, 0.29) is 5.91 Å². The number of rotatable bonds is 3. The fourth-order valence-corrected chi connectivity index (χ4v) is 1.84. The van der Waals surface area contributed by atoms with Gasteiger partial charge in [0.15, 0.2) is 0 Å². The third-order valence-electron chi connectivity index (χ3n) is 2.78. The highest BCUT2D eigenvalue weighted by atomic mass is 16.5. The zero-order chi connectivity index (χ0) is 13.0. The van der Waals surface area contributed by atoms with Gasteiger partial charge in [0.1, 0.15) is 5.75 Å². The van der Waals surface area contributed by atoms with Gasteiger partial charge in [-0.3, -0.25) is 4.79 Å². The lowest BCUT2D eigenvalue weighted by Crippen LogP contribution is -2.18. The average molecular weight is 241 g/mol. The molecule has 0 aliphatic carbocycles. The summed E-state index contributed by atoms with van der Waals surface area (Å²) in [6.07, 6.45) is 0. The standard InChI is InChI=1S/C15H15NO2/c1-16-15(17)14-10-12(18-2)8-9-13(14)11-6-4-3-5-7-11/h3-10H,1-2H3,(H,16,17). The quantitative estimate of drug-likeness (QED) is 0.897. The van der Waals surface area contributed by atoms with Crippen molar-refractivity contribution in [2.24, 2.45) is 0 Å². The van der Waals surface area contributed by atoms with Crippen LogP contribution in [0.15, 0.2) is 48.5 Å². The van der Waals surface area contributed by atoms with Crippen LogP contribution in [0.25, 0.3) is 11.1 Å². The van der Waals surface area contributed by atoms with Crippen LogP contribution in [0.5, 0.6) is 5.75 Å². The predicted octanol–water partition coefficient (Wildman–Crippen LogP) is 2.72. The number of hydrogen-bond acceptors (Lipinski definition) is 2. The Morgan fingerprint density at radius 3 is 2.44 bits per heavy atom. The Balaban J connectivity index is 2.56. The van der Waals surface area contributed by atoms with Crippen molar-refractivity contribution >= 4 is 5.91 Å². The molecule has 18 heavy (non-hydrogen) atoms. The molecular weight excluding hydrogens is 226 g/mol. The van der Waals surface area contributed by atoms with Gasteiger partial charge < -0.3 is 10.1 Å². The van der Waals surface area contributed by atoms with Gasteiger partial charge in [0.2, 0.25) is 0 Å². The van der Waals surface area contributed by atoms with Crippen molar-refractivity contribution in [1.29, 1.82) is 0 Å². The molecule has 2 aromatic carbocycles. The van der Waals surface area contributed by atoms with Crippen molar-refractivity contribution < 1.29 is 9.53 Å². The van der Waals surface area contributed by atoms with Crippen LogP contribution in [0.2, 0.25) is 0 Å². The first kappa shape index (κ1) is 12.2. The van der Waals surface area contributed by atoms with Crippen molar-refractivity contribution in [3.8, 4) is 16.9 Å². The number of methoxy groups -OCH3 is 1. The molecule has 1 amide bonds. The van der Waals surface area contributed by atoms with E-state index in [0.29, 0.717) is 11.3 Å². The molecule has 0 aromatic heterocycles. The van der Waals surface area contributed by atoms with Crippen LogP contribution in [-0.4, -0.2) is 20.1 Å². The van der Waals surface area contributed by atoms with Gasteiger partial charge in [0.05, 0.1) is 12.7 Å². The van der Waals surface area contributed by atoms with Crippen LogP contribution in [0.1, 0.15) is 10.4 Å². The molecule has 92 valence electrons. The third-order valence-corrected chi connectivity index (χ3v) is 2.78. The van der Waals surface area contributed by atoms with E-state index in [1.165, 1.54) is 0 Å². The first-order valence-corrected chi connectivity index (χ1v) is 5.72. The zero-order valence-corrected chi connectivity index (χ0v) is 10.4. The van der Waals surface area contributed by atoms with Crippen molar-refractivity contribution in [2.45, 2.75) is 0 Å². The van der Waals surface area contributed by atoms with Crippen LogP contribution in [-0.2, 0) is 0 Å². The second-order valence-corrected chi connectivity index (χ2v) is 3.86. The maximum absolute atomic E-state index is 11.9. The molecule has 0 bridgehead atoms. The van der Waals surface area contributed by atoms with Crippen molar-refractivity contribution in [2.75, 3.05) is 14.2 Å². The highest BCUT2D eigenvalue weighted by Crippen LogP contribution is 2.27. The fourth-order valence-electron chi connectivity index (χ4n) is 1.84. The molecule has 3 heteroatoms. The predicted molar refractivity (Wildman–Crippen MR) is 71.8 cm³/mol. The molecule has 3 nitrogen and oxygen atoms in total. The highest BCUT2D eigenvalue weighted by Gasteiger charge is 2.12. The maximum atomic E-state index is 11.9. The van der Waals surface area contributed by atoms with E-state index >= 15 is 0 Å². The SMILES string of the molecule is CNC(=O)c1cc(OC)ccc1-c1ccccc1. The molecule has 0 radical (unpaired) electrons. The lowest BCUT2D eigenvalue weighted by molar-refractivity contribution is 0.0963. The molecule has 0 aliphatic heterocycles. The van der Waals surface area contributed by atoms with Gasteiger partial charge in [-0.2, -0.15) is 0 Å². The maximum Gasteiger partial charge on any atom is 0.251 e. The molecule has 0 saturated heterocycles. The number of nitrogens with one attached hydrogen (secondary N) is 1. The number of amides is 1. The molecule has 0 saturated carbocycles. The topological polar surface area (TPSA) is 38.3 Å². The molecule has 1 N–H and O–H groups in total. The number of hydrogen-bond donors (Lipinski definition) is 1. The number of carbonyl (C=O) groups is 1. The normalized spacial score (nSPS) is 9.89. The van der Waals surface area contributed by atoms with Crippen LogP contribution >= 0.6 is 0 Å². The van der Waals surface area contributed by atoms with Gasteiger partial charge in [-0.1, -0.05) is 30.3 Å². The van der Waals surface area contributed by atoms with Crippen LogP contribution in [0.4, 0.5) is 0 Å². The smallest absolute Gasteiger partial charge is 0.251 e. The van der Waals surface area contributed by atoms with E-state index in [2.05, 4.69) is 5.32 Å². The number of benzene rings is 2. The van der Waals surface area contributed by atoms with E-state index < -0.39 is 0 Å². The Labute approximate surface area is 106 Å². The Bertz CT molecular complexity index is 550. The Kier molecular flexibility index (Phi) is 3.63. The van der Waals surface area contributed by atoms with E-state index in [4.69, 9.17) is 4.74 Å². The minimum absolute atomic E-state index is 0.118. The molecule has 2 rings (SSSR count). The largest absolute Gasteiger partial charge is 0.497 e. The van der Waals surface area contributed by atoms with Gasteiger partial charge in [-0.15, -0.1) is 0 Å². The van der Waals surface area contributed by atoms with Crippen LogP contribution < -0.4 is 10.1 Å². The minimum Gasteiger partial charge on any atom is -0.497 e. The Morgan fingerprint density at radius 1 is 1.11 bits per heavy atom. The van der Waals surface area contributed by atoms with Gasteiger partial charge in [-0.25, -0.2) is 0 Å². The summed E-state index contributed by atoms with van der Waals surface area (Å²) in [4.78, 5) is 11.9. The van der Waals surface area contributed by atoms with E-state index in [0.717, 1.165) is 11.1 Å². The molecule has 2 aromatic rings. The van der Waals surface area contributed by atoms with E-state index in [1.807, 2.05) is 42.5 Å². The lowest BCUT2D eigenvalue weighted by Gasteiger charge is -2.10. The molecule has 0 unspecified atom stereocenters. The first-order chi connectivity index (χ1) is 8.76. The average Bonchev–Trinajstić information content (AvgIpc) is 2.46. The van der Waals surface area contributed by atoms with Gasteiger partial charge in [0.25, 0.3) is 5.91 Å². The zero-order valence-electron chi connectivity index (χ0n) is 10.4. The fraction of sp³-hybridized carbons (Fsp3) is 0.133. The number of carbonyl (C=O) groups excluding carboxylic acids is 1. The molecule has 0 aliphatic rings. The van der Waals surface area contributed by atoms with Gasteiger partial charge in [0, 0.05) is 7.05 Å². The summed E-state index contributed by atoms with van der Waals surface area (Å²) in [5, 5.41) is 2.65. The highest BCUT2D eigenvalue weighted by molar-refractivity contribution is 6.01. The molecular formula is C15H15NO2. The lowest BCUT2D eigenvalue weighted by atomic mass is 9.99. The number of ether oxygens (including phenoxy) is 1. The van der Waals surface area contributed by atoms with Crippen molar-refractivity contribution in [1.82, 2.24) is 5.32 Å². The van der Waals surface area contributed by atoms with E-state index in [1.54, 1.807) is 20.2 Å². The first-order valence-electron chi connectivity index (χ1n) is 5.72. The van der Waals surface area contributed by atoms with Crippen molar-refractivity contribution in [3.05, 3.63) is 54.1 Å². The second-order valence-electron chi connectivity index (χ2n) is 3.86. The molecule has 0 fully saturated rings. The summed E-state index contributed by atoms with van der Waals surface area (Å²) >= 11 is 0. The molecule has 0 heterocycles. The summed E-state index contributed by atoms with van der Waals surface area (Å²) in [6.45, 7) is 0. The van der Waals surface area contributed by atoms with Crippen LogP contribution in [0.3, 0.4) is 0 Å². The molecule has 0 atom stereocenters. The van der Waals surface area contributed by atoms with Gasteiger partial charge in [-0.05, 0) is 29.3 Å². The monoisotopic (exact) mass is 241 g/mol. The van der Waals surface area contributed by atoms with Gasteiger partial charge >= 0.3 is 0 Å². The third kappa shape index (κ3) is 2.35. The summed E-state index contributed by atoms with van der Waals surface area (Å²) < 4.78 is 5.16. The van der Waals surface area contributed by atoms with E-state index in [9.17, 15) is 4.79 Å². The van der Waals surface area contributed by atoms with Crippen LogP contribution in [0, 0.1) is 0 Å². The van der Waals surface area contributed by atoms with Crippen molar-refractivity contribution in [3.63, 3.8) is 0 Å². The minimum atomic E-state index is -0.118. The Hall–Kier alpha value is -2.29.